The van der Waals surface area contributed by atoms with E-state index in [-0.39, 0.29) is 5.91 Å². The largest absolute Gasteiger partial charge is 0.385 e. The minimum absolute atomic E-state index is 0.0628. The van der Waals surface area contributed by atoms with E-state index in [9.17, 15) is 4.79 Å². The molecule has 2 atom stereocenters. The molecule has 3 aliphatic rings. The van der Waals surface area contributed by atoms with E-state index in [0.717, 1.165) is 82.5 Å². The van der Waals surface area contributed by atoms with Crippen molar-refractivity contribution < 1.29 is 9.53 Å². The second-order valence-corrected chi connectivity index (χ2v) is 14.0. The number of carbonyl (C=O) groups is 1. The van der Waals surface area contributed by atoms with Crippen LogP contribution >= 0.6 is 23.2 Å². The lowest BCUT2D eigenvalue weighted by molar-refractivity contribution is -0.119. The molecule has 236 valence electrons. The van der Waals surface area contributed by atoms with Gasteiger partial charge >= 0.3 is 0 Å². The first-order valence-corrected chi connectivity index (χ1v) is 17.1. The van der Waals surface area contributed by atoms with Crippen LogP contribution < -0.4 is 10.6 Å². The summed E-state index contributed by atoms with van der Waals surface area (Å²) in [5.41, 5.74) is 4.93. The molecule has 2 aromatic rings. The minimum atomic E-state index is 0.0628. The fraction of sp³-hybridized carbons (Fsp3) is 0.629. The van der Waals surface area contributed by atoms with Crippen LogP contribution in [-0.2, 0) is 22.6 Å². The Kier molecular flexibility index (Phi) is 12.2. The van der Waals surface area contributed by atoms with Gasteiger partial charge in [-0.2, -0.15) is 0 Å². The normalized spacial score (nSPS) is 23.0. The van der Waals surface area contributed by atoms with Crippen LogP contribution in [0.15, 0.2) is 36.4 Å². The maximum atomic E-state index is 11.4. The molecule has 3 saturated heterocycles. The van der Waals surface area contributed by atoms with Crippen LogP contribution in [0, 0.1) is 17.8 Å². The lowest BCUT2D eigenvalue weighted by atomic mass is 9.76. The zero-order valence-corrected chi connectivity index (χ0v) is 27.6. The summed E-state index contributed by atoms with van der Waals surface area (Å²) in [5, 5.41) is 7.88. The van der Waals surface area contributed by atoms with Gasteiger partial charge in [-0.25, -0.2) is 0 Å². The van der Waals surface area contributed by atoms with Crippen molar-refractivity contribution in [1.29, 1.82) is 0 Å². The number of hydrogen-bond donors (Lipinski definition) is 2. The van der Waals surface area contributed by atoms with Gasteiger partial charge in [0.2, 0.25) is 5.91 Å². The Hall–Kier alpha value is -1.67. The SMILES string of the molecule is COCC[C@H]1CC(C2CCNCC2)CCN1Cc1cc(CN2CCC(CNC(C)=O)CC2)cc(-c2cc(Cl)cc(Cl)c2)c1. The number of methoxy groups -OCH3 is 1. The highest BCUT2D eigenvalue weighted by atomic mass is 35.5. The smallest absolute Gasteiger partial charge is 0.216 e. The van der Waals surface area contributed by atoms with Gasteiger partial charge in [0.15, 0.2) is 0 Å². The number of ether oxygens (including phenoxy) is 1. The zero-order valence-electron chi connectivity index (χ0n) is 26.1. The molecule has 0 aliphatic carbocycles. The van der Waals surface area contributed by atoms with Crippen LogP contribution in [0.25, 0.3) is 11.1 Å². The molecule has 2 aromatic carbocycles. The summed E-state index contributed by atoms with van der Waals surface area (Å²) in [6.07, 6.45) is 8.52. The summed E-state index contributed by atoms with van der Waals surface area (Å²) in [6.45, 7) is 10.7. The lowest BCUT2D eigenvalue weighted by Crippen LogP contribution is -2.45. The van der Waals surface area contributed by atoms with Crippen LogP contribution in [0.2, 0.25) is 10.0 Å². The quantitative estimate of drug-likeness (QED) is 0.293. The third-order valence-electron chi connectivity index (χ3n) is 9.97. The second-order valence-electron chi connectivity index (χ2n) is 13.1. The minimum Gasteiger partial charge on any atom is -0.385 e. The van der Waals surface area contributed by atoms with Gasteiger partial charge in [-0.15, -0.1) is 0 Å². The molecule has 6 nitrogen and oxygen atoms in total. The first-order chi connectivity index (χ1) is 20.9. The number of carbonyl (C=O) groups excluding carboxylic acids is 1. The maximum Gasteiger partial charge on any atom is 0.216 e. The molecule has 3 heterocycles. The molecule has 8 heteroatoms. The predicted octanol–water partition coefficient (Wildman–Crippen LogP) is 6.63. The number of rotatable bonds is 11. The van der Waals surface area contributed by atoms with Crippen LogP contribution in [0.3, 0.4) is 0 Å². The maximum absolute atomic E-state index is 11.4. The number of halogens is 2. The summed E-state index contributed by atoms with van der Waals surface area (Å²) in [7, 11) is 1.83. The number of piperidine rings is 3. The van der Waals surface area contributed by atoms with Crippen LogP contribution in [-0.4, -0.2) is 74.7 Å². The molecule has 1 unspecified atom stereocenters. The van der Waals surface area contributed by atoms with Gasteiger partial charge in [0.05, 0.1) is 0 Å². The van der Waals surface area contributed by atoms with Gasteiger partial charge < -0.3 is 15.4 Å². The van der Waals surface area contributed by atoms with Crippen LogP contribution in [0.4, 0.5) is 0 Å². The molecule has 3 aliphatic heterocycles. The fourth-order valence-electron chi connectivity index (χ4n) is 7.60. The van der Waals surface area contributed by atoms with E-state index in [2.05, 4.69) is 38.6 Å². The van der Waals surface area contributed by atoms with Gasteiger partial charge in [0.1, 0.15) is 0 Å². The van der Waals surface area contributed by atoms with E-state index < -0.39 is 0 Å². The predicted molar refractivity (Wildman–Crippen MR) is 178 cm³/mol. The molecule has 3 fully saturated rings. The average molecular weight is 630 g/mol. The summed E-state index contributed by atoms with van der Waals surface area (Å²) in [6, 6.07) is 13.5. The number of benzene rings is 2. The molecule has 0 radical (unpaired) electrons. The fourth-order valence-corrected chi connectivity index (χ4v) is 8.12. The van der Waals surface area contributed by atoms with Crippen LogP contribution in [0.5, 0.6) is 0 Å². The van der Waals surface area contributed by atoms with Gasteiger partial charge in [-0.1, -0.05) is 29.3 Å². The van der Waals surface area contributed by atoms with Gasteiger partial charge in [0, 0.05) is 56.4 Å². The standard InChI is InChI=1S/C35H50Cl2N4O2/c1-25(42)39-22-26-5-11-40(12-6-26)23-27-15-28(17-31(16-27)32-18-33(36)21-34(37)19-32)24-41-13-7-30(20-35(41)8-14-43-2)29-3-9-38-10-4-29/h15-19,21,26,29-30,35,38H,3-14,20,22-24H2,1-2H3,(H,39,42)/t30?,35-/m0/s1. The topological polar surface area (TPSA) is 56.8 Å². The van der Waals surface area contributed by atoms with Crippen molar-refractivity contribution in [2.75, 3.05) is 53.0 Å². The molecule has 0 saturated carbocycles. The molecule has 43 heavy (non-hydrogen) atoms. The summed E-state index contributed by atoms with van der Waals surface area (Å²) < 4.78 is 5.57. The molecule has 1 amide bonds. The highest BCUT2D eigenvalue weighted by Gasteiger charge is 2.33. The number of amides is 1. The Bertz CT molecular complexity index is 1180. The highest BCUT2D eigenvalue weighted by Crippen LogP contribution is 2.36. The van der Waals surface area contributed by atoms with E-state index in [1.165, 1.54) is 55.5 Å². The Balaban J connectivity index is 1.33. The second kappa shape index (κ2) is 16.1. The average Bonchev–Trinajstić information content (AvgIpc) is 3.00. The van der Waals surface area contributed by atoms with Crippen molar-refractivity contribution >= 4 is 29.1 Å². The number of nitrogens with one attached hydrogen (secondary N) is 2. The van der Waals surface area contributed by atoms with Crippen molar-refractivity contribution in [2.24, 2.45) is 17.8 Å². The Morgan fingerprint density at radius 1 is 0.884 bits per heavy atom. The summed E-state index contributed by atoms with van der Waals surface area (Å²) in [5.74, 6) is 2.31. The van der Waals surface area contributed by atoms with Gasteiger partial charge in [-0.3, -0.25) is 14.6 Å². The highest BCUT2D eigenvalue weighted by molar-refractivity contribution is 6.35. The Morgan fingerprint density at radius 3 is 2.23 bits per heavy atom. The van der Waals surface area contributed by atoms with E-state index in [0.29, 0.717) is 22.0 Å². The monoisotopic (exact) mass is 628 g/mol. The van der Waals surface area contributed by atoms with Crippen molar-refractivity contribution in [2.45, 2.75) is 71.0 Å². The first-order valence-electron chi connectivity index (χ1n) is 16.4. The third kappa shape index (κ3) is 9.66. The van der Waals surface area contributed by atoms with E-state index in [1.807, 2.05) is 19.2 Å². The van der Waals surface area contributed by atoms with Gasteiger partial charge in [0.25, 0.3) is 0 Å². The first kappa shape index (κ1) is 32.7. The van der Waals surface area contributed by atoms with Crippen molar-refractivity contribution in [3.05, 3.63) is 57.6 Å². The molecular formula is C35H50Cl2N4O2. The van der Waals surface area contributed by atoms with Crippen molar-refractivity contribution in [1.82, 2.24) is 20.4 Å². The van der Waals surface area contributed by atoms with Crippen LogP contribution in [0.1, 0.15) is 63.0 Å². The number of hydrogen-bond acceptors (Lipinski definition) is 5. The Morgan fingerprint density at radius 2 is 1.56 bits per heavy atom. The van der Waals surface area contributed by atoms with E-state index in [4.69, 9.17) is 27.9 Å². The molecule has 5 rings (SSSR count). The molecule has 0 aromatic heterocycles. The third-order valence-corrected chi connectivity index (χ3v) is 10.4. The molecule has 0 spiro atoms. The molecule has 2 N–H and O–H groups in total. The van der Waals surface area contributed by atoms with E-state index >= 15 is 0 Å². The lowest BCUT2D eigenvalue weighted by Gasteiger charge is -2.43. The van der Waals surface area contributed by atoms with E-state index in [1.54, 1.807) is 13.0 Å². The van der Waals surface area contributed by atoms with Crippen molar-refractivity contribution in [3.63, 3.8) is 0 Å². The van der Waals surface area contributed by atoms with Crippen molar-refractivity contribution in [3.8, 4) is 11.1 Å². The number of likely N-dealkylation sites (tertiary alicyclic amines) is 2. The molecule has 0 bridgehead atoms. The summed E-state index contributed by atoms with van der Waals surface area (Å²) in [4.78, 5) is 16.6. The zero-order chi connectivity index (χ0) is 30.2. The number of nitrogens with zero attached hydrogens (tertiary/aromatic N) is 2. The summed E-state index contributed by atoms with van der Waals surface area (Å²) >= 11 is 12.9. The van der Waals surface area contributed by atoms with Gasteiger partial charge in [-0.05, 0) is 148 Å². The molecular weight excluding hydrogens is 579 g/mol. The Labute approximate surface area is 268 Å².